The summed E-state index contributed by atoms with van der Waals surface area (Å²) < 4.78 is 7.49. The molecule has 0 fully saturated rings. The van der Waals surface area contributed by atoms with Crippen LogP contribution in [0, 0.1) is 0 Å². The Morgan fingerprint density at radius 3 is 3.28 bits per heavy atom. The van der Waals surface area contributed by atoms with Crippen LogP contribution >= 0.6 is 23.1 Å². The maximum absolute atomic E-state index is 5.34. The van der Waals surface area contributed by atoms with Gasteiger partial charge >= 0.3 is 0 Å². The molecule has 94 valence electrons. The Labute approximate surface area is 113 Å². The van der Waals surface area contributed by atoms with Gasteiger partial charge in [-0.15, -0.1) is 11.3 Å². The summed E-state index contributed by atoms with van der Waals surface area (Å²) in [6.45, 7) is 0.818. The van der Waals surface area contributed by atoms with Gasteiger partial charge in [-0.05, 0) is 19.2 Å². The molecule has 0 saturated carbocycles. The first-order chi connectivity index (χ1) is 8.88. The van der Waals surface area contributed by atoms with Crippen molar-refractivity contribution in [3.63, 3.8) is 0 Å². The van der Waals surface area contributed by atoms with Gasteiger partial charge < -0.3 is 9.73 Å². The summed E-state index contributed by atoms with van der Waals surface area (Å²) in [6, 6.07) is 3.90. The zero-order valence-electron chi connectivity index (χ0n) is 9.92. The number of furan rings is 1. The average Bonchev–Trinajstić information content (AvgIpc) is 3.05. The third-order valence-electron chi connectivity index (χ3n) is 2.60. The molecule has 0 aliphatic carbocycles. The molecule has 0 radical (unpaired) electrons. The molecular weight excluding hydrogens is 266 g/mol. The molecule has 0 amide bonds. The van der Waals surface area contributed by atoms with Crippen molar-refractivity contribution in [3.8, 4) is 0 Å². The molecule has 3 heterocycles. The van der Waals surface area contributed by atoms with E-state index in [4.69, 9.17) is 4.42 Å². The number of thiazole rings is 1. The van der Waals surface area contributed by atoms with Crippen molar-refractivity contribution in [3.05, 3.63) is 41.4 Å². The van der Waals surface area contributed by atoms with E-state index < -0.39 is 0 Å². The Kier molecular flexibility index (Phi) is 3.40. The number of rotatable bonds is 5. The van der Waals surface area contributed by atoms with Crippen molar-refractivity contribution in [1.29, 1.82) is 0 Å². The predicted molar refractivity (Wildman–Crippen MR) is 74.1 cm³/mol. The van der Waals surface area contributed by atoms with Crippen molar-refractivity contribution in [2.75, 3.05) is 7.05 Å². The van der Waals surface area contributed by atoms with Crippen LogP contribution in [-0.2, 0) is 12.3 Å². The molecule has 0 saturated heterocycles. The molecule has 3 aromatic heterocycles. The second kappa shape index (κ2) is 5.17. The van der Waals surface area contributed by atoms with Crippen LogP contribution in [0.5, 0.6) is 0 Å². The van der Waals surface area contributed by atoms with E-state index in [2.05, 4.69) is 26.3 Å². The smallest absolute Gasteiger partial charge is 0.194 e. The van der Waals surface area contributed by atoms with Gasteiger partial charge in [0.05, 0.1) is 17.7 Å². The highest BCUT2D eigenvalue weighted by molar-refractivity contribution is 7.98. The number of hydrogen-bond acceptors (Lipinski definition) is 5. The van der Waals surface area contributed by atoms with E-state index in [-0.39, 0.29) is 0 Å². The van der Waals surface area contributed by atoms with Crippen molar-refractivity contribution in [2.24, 2.45) is 0 Å². The molecule has 3 aromatic rings. The monoisotopic (exact) mass is 279 g/mol. The lowest BCUT2D eigenvalue weighted by atomic mass is 10.5. The summed E-state index contributed by atoms with van der Waals surface area (Å²) in [4.78, 5) is 5.70. The van der Waals surface area contributed by atoms with E-state index in [1.54, 1.807) is 29.4 Å². The molecule has 1 N–H and O–H groups in total. The van der Waals surface area contributed by atoms with Crippen LogP contribution in [0.3, 0.4) is 0 Å². The first kappa shape index (κ1) is 11.8. The zero-order chi connectivity index (χ0) is 12.4. The first-order valence-corrected chi connectivity index (χ1v) is 7.49. The van der Waals surface area contributed by atoms with Crippen molar-refractivity contribution >= 4 is 28.1 Å². The number of fused-ring (bicyclic) bond motifs is 1. The van der Waals surface area contributed by atoms with Crippen LogP contribution < -0.4 is 5.32 Å². The first-order valence-electron chi connectivity index (χ1n) is 5.62. The Balaban J connectivity index is 1.85. The summed E-state index contributed by atoms with van der Waals surface area (Å²) in [5, 5.41) is 6.33. The van der Waals surface area contributed by atoms with E-state index in [9.17, 15) is 0 Å². The van der Waals surface area contributed by atoms with Gasteiger partial charge in [-0.2, -0.15) is 0 Å². The molecule has 0 aromatic carbocycles. The SMILES string of the molecule is CNCc1c(SCc2ccco2)nc2sccn12. The summed E-state index contributed by atoms with van der Waals surface area (Å²) in [6.07, 6.45) is 3.77. The maximum Gasteiger partial charge on any atom is 0.194 e. The molecule has 0 atom stereocenters. The van der Waals surface area contributed by atoms with E-state index >= 15 is 0 Å². The fourth-order valence-corrected chi connectivity index (χ4v) is 3.51. The van der Waals surface area contributed by atoms with Gasteiger partial charge in [0.1, 0.15) is 10.8 Å². The topological polar surface area (TPSA) is 42.5 Å². The Hall–Kier alpha value is -1.24. The highest BCUT2D eigenvalue weighted by Gasteiger charge is 2.13. The van der Waals surface area contributed by atoms with Crippen molar-refractivity contribution in [1.82, 2.24) is 14.7 Å². The number of nitrogens with zero attached hydrogens (tertiary/aromatic N) is 2. The van der Waals surface area contributed by atoms with Crippen LogP contribution in [0.25, 0.3) is 4.96 Å². The van der Waals surface area contributed by atoms with Crippen molar-refractivity contribution < 1.29 is 4.42 Å². The zero-order valence-corrected chi connectivity index (χ0v) is 11.6. The number of imidazole rings is 1. The highest BCUT2D eigenvalue weighted by atomic mass is 32.2. The van der Waals surface area contributed by atoms with Gasteiger partial charge in [0.2, 0.25) is 0 Å². The molecule has 0 bridgehead atoms. The van der Waals surface area contributed by atoms with Crippen LogP contribution in [0.4, 0.5) is 0 Å². The molecular formula is C12H13N3OS2. The van der Waals surface area contributed by atoms with Crippen LogP contribution in [-0.4, -0.2) is 16.4 Å². The van der Waals surface area contributed by atoms with E-state index in [1.165, 1.54) is 5.69 Å². The molecule has 6 heteroatoms. The van der Waals surface area contributed by atoms with Crippen molar-refractivity contribution in [2.45, 2.75) is 17.3 Å². The summed E-state index contributed by atoms with van der Waals surface area (Å²) >= 11 is 3.37. The summed E-state index contributed by atoms with van der Waals surface area (Å²) in [5.41, 5.74) is 1.21. The summed E-state index contributed by atoms with van der Waals surface area (Å²) in [5.74, 6) is 1.79. The lowest BCUT2D eigenvalue weighted by Gasteiger charge is -2.02. The van der Waals surface area contributed by atoms with Crippen LogP contribution in [0.15, 0.2) is 39.4 Å². The highest BCUT2D eigenvalue weighted by Crippen LogP contribution is 2.28. The molecule has 18 heavy (non-hydrogen) atoms. The fraction of sp³-hybridized carbons (Fsp3) is 0.250. The second-order valence-corrected chi connectivity index (χ2v) is 5.65. The fourth-order valence-electron chi connectivity index (χ4n) is 1.79. The Morgan fingerprint density at radius 2 is 2.50 bits per heavy atom. The lowest BCUT2D eigenvalue weighted by molar-refractivity contribution is 0.530. The Bertz CT molecular complexity index is 627. The van der Waals surface area contributed by atoms with E-state index in [0.717, 1.165) is 28.0 Å². The number of thioether (sulfide) groups is 1. The number of nitrogens with one attached hydrogen (secondary N) is 1. The molecule has 4 nitrogen and oxygen atoms in total. The molecule has 0 aliphatic heterocycles. The minimum absolute atomic E-state index is 0.814. The minimum Gasteiger partial charge on any atom is -0.468 e. The lowest BCUT2D eigenvalue weighted by Crippen LogP contribution is -2.08. The number of hydrogen-bond donors (Lipinski definition) is 1. The van der Waals surface area contributed by atoms with Gasteiger partial charge in [0.25, 0.3) is 0 Å². The largest absolute Gasteiger partial charge is 0.468 e. The van der Waals surface area contributed by atoms with Gasteiger partial charge in [-0.3, -0.25) is 4.40 Å². The summed E-state index contributed by atoms with van der Waals surface area (Å²) in [7, 11) is 1.95. The quantitative estimate of drug-likeness (QED) is 0.729. The standard InChI is InChI=1S/C12H13N3OS2/c1-13-7-10-11(14-12-15(10)4-6-17-12)18-8-9-3-2-5-16-9/h2-6,13H,7-8H2,1H3. The van der Waals surface area contributed by atoms with Gasteiger partial charge in [-0.25, -0.2) is 4.98 Å². The normalized spacial score (nSPS) is 11.4. The third kappa shape index (κ3) is 2.19. The Morgan fingerprint density at radius 1 is 1.56 bits per heavy atom. The molecule has 0 spiro atoms. The van der Waals surface area contributed by atoms with Crippen LogP contribution in [0.1, 0.15) is 11.5 Å². The third-order valence-corrected chi connectivity index (χ3v) is 4.39. The maximum atomic E-state index is 5.34. The van der Waals surface area contributed by atoms with Gasteiger partial charge in [0.15, 0.2) is 4.96 Å². The molecule has 3 rings (SSSR count). The van der Waals surface area contributed by atoms with Crippen LogP contribution in [0.2, 0.25) is 0 Å². The van der Waals surface area contributed by atoms with E-state index in [0.29, 0.717) is 0 Å². The predicted octanol–water partition coefficient (Wildman–Crippen LogP) is 3.00. The molecule has 0 unspecified atom stereocenters. The van der Waals surface area contributed by atoms with E-state index in [1.807, 2.05) is 19.2 Å². The minimum atomic E-state index is 0.814. The molecule has 0 aliphatic rings. The van der Waals surface area contributed by atoms with Gasteiger partial charge in [-0.1, -0.05) is 11.8 Å². The average molecular weight is 279 g/mol. The second-order valence-electron chi connectivity index (χ2n) is 3.82. The number of aromatic nitrogens is 2. The van der Waals surface area contributed by atoms with Gasteiger partial charge in [0, 0.05) is 18.1 Å².